The quantitative estimate of drug-likeness (QED) is 0.720. The minimum absolute atomic E-state index is 0.202. The van der Waals surface area contributed by atoms with E-state index in [1.54, 1.807) is 23.9 Å². The third-order valence-corrected chi connectivity index (χ3v) is 5.09. The fourth-order valence-electron chi connectivity index (χ4n) is 2.45. The van der Waals surface area contributed by atoms with E-state index in [0.29, 0.717) is 10.6 Å². The van der Waals surface area contributed by atoms with Gasteiger partial charge in [-0.3, -0.25) is 9.59 Å². The number of benzene rings is 2. The number of carbonyl (C=O) groups is 2. The Labute approximate surface area is 156 Å². The number of carbonyl (C=O) groups excluding carboxylic acids is 1. The minimum atomic E-state index is -0.981. The van der Waals surface area contributed by atoms with E-state index in [-0.39, 0.29) is 12.3 Å². The molecule has 25 heavy (non-hydrogen) atoms. The molecule has 0 aliphatic heterocycles. The second-order valence-corrected chi connectivity index (χ2v) is 7.10. The molecule has 0 saturated heterocycles. The molecule has 0 heterocycles. The standard InChI is InChI=1S/C19H20ClNO3S/c1-11-8-15(16(20)9-12(11)2)19(24)21-17(10-18(22)23)13-4-6-14(25-3)7-5-13/h4-9,17H,10H2,1-3H3,(H,21,24)(H,22,23). The summed E-state index contributed by atoms with van der Waals surface area (Å²) < 4.78 is 0. The molecule has 2 aromatic carbocycles. The Hall–Kier alpha value is -1.98. The molecule has 1 unspecified atom stereocenters. The van der Waals surface area contributed by atoms with E-state index in [1.165, 1.54) is 0 Å². The van der Waals surface area contributed by atoms with Gasteiger partial charge in [-0.15, -0.1) is 11.8 Å². The van der Waals surface area contributed by atoms with E-state index in [2.05, 4.69) is 5.32 Å². The molecule has 4 nitrogen and oxygen atoms in total. The van der Waals surface area contributed by atoms with Crippen molar-refractivity contribution in [2.45, 2.75) is 31.2 Å². The molecule has 0 aromatic heterocycles. The molecule has 0 fully saturated rings. The van der Waals surface area contributed by atoms with Gasteiger partial charge in [-0.05, 0) is 61.1 Å². The van der Waals surface area contributed by atoms with E-state index in [0.717, 1.165) is 21.6 Å². The first-order chi connectivity index (χ1) is 11.8. The van der Waals surface area contributed by atoms with E-state index in [4.69, 9.17) is 11.6 Å². The predicted octanol–water partition coefficient (Wildman–Crippen LogP) is 4.62. The van der Waals surface area contributed by atoms with Crippen molar-refractivity contribution in [1.29, 1.82) is 0 Å². The van der Waals surface area contributed by atoms with Gasteiger partial charge in [0.05, 0.1) is 23.0 Å². The van der Waals surface area contributed by atoms with Crippen molar-refractivity contribution in [1.82, 2.24) is 5.32 Å². The third-order valence-electron chi connectivity index (χ3n) is 4.03. The molecule has 0 saturated carbocycles. The molecule has 1 atom stereocenters. The summed E-state index contributed by atoms with van der Waals surface area (Å²) in [5.41, 5.74) is 3.04. The third kappa shape index (κ3) is 5.00. The number of nitrogens with one attached hydrogen (secondary N) is 1. The summed E-state index contributed by atoms with van der Waals surface area (Å²) in [6.07, 6.45) is 1.76. The summed E-state index contributed by atoms with van der Waals surface area (Å²) in [5, 5.41) is 12.3. The maximum absolute atomic E-state index is 12.6. The maximum atomic E-state index is 12.6. The van der Waals surface area contributed by atoms with Gasteiger partial charge in [-0.1, -0.05) is 23.7 Å². The molecule has 0 radical (unpaired) electrons. The monoisotopic (exact) mass is 377 g/mol. The SMILES string of the molecule is CSc1ccc(C(CC(=O)O)NC(=O)c2cc(C)c(C)cc2Cl)cc1. The number of carboxylic acid groups (broad SMARTS) is 1. The van der Waals surface area contributed by atoms with Crippen molar-refractivity contribution in [3.05, 3.63) is 63.7 Å². The lowest BCUT2D eigenvalue weighted by atomic mass is 10.0. The first-order valence-electron chi connectivity index (χ1n) is 7.75. The van der Waals surface area contributed by atoms with Crippen molar-refractivity contribution >= 4 is 35.2 Å². The predicted molar refractivity (Wildman–Crippen MR) is 102 cm³/mol. The highest BCUT2D eigenvalue weighted by atomic mass is 35.5. The van der Waals surface area contributed by atoms with Gasteiger partial charge < -0.3 is 10.4 Å². The molecule has 6 heteroatoms. The summed E-state index contributed by atoms with van der Waals surface area (Å²) in [6, 6.07) is 10.3. The maximum Gasteiger partial charge on any atom is 0.305 e. The van der Waals surface area contributed by atoms with Gasteiger partial charge in [0.2, 0.25) is 0 Å². The van der Waals surface area contributed by atoms with Crippen LogP contribution in [-0.4, -0.2) is 23.2 Å². The fraction of sp³-hybridized carbons (Fsp3) is 0.263. The molecule has 132 valence electrons. The molecular weight excluding hydrogens is 358 g/mol. The Kier molecular flexibility index (Phi) is 6.51. The molecule has 0 aliphatic carbocycles. The number of rotatable bonds is 6. The number of hydrogen-bond donors (Lipinski definition) is 2. The number of amides is 1. The lowest BCUT2D eigenvalue weighted by Gasteiger charge is -2.19. The number of hydrogen-bond acceptors (Lipinski definition) is 3. The lowest BCUT2D eigenvalue weighted by Crippen LogP contribution is -2.30. The van der Waals surface area contributed by atoms with Crippen LogP contribution in [0.4, 0.5) is 0 Å². The van der Waals surface area contributed by atoms with Crippen molar-refractivity contribution in [3.8, 4) is 0 Å². The van der Waals surface area contributed by atoms with Gasteiger partial charge in [0.25, 0.3) is 5.91 Å². The van der Waals surface area contributed by atoms with Gasteiger partial charge in [-0.2, -0.15) is 0 Å². The van der Waals surface area contributed by atoms with Gasteiger partial charge in [0.15, 0.2) is 0 Å². The molecule has 2 aromatic rings. The average Bonchev–Trinajstić information content (AvgIpc) is 2.57. The molecule has 0 bridgehead atoms. The molecule has 0 aliphatic rings. The van der Waals surface area contributed by atoms with Crippen LogP contribution in [0.25, 0.3) is 0 Å². The largest absolute Gasteiger partial charge is 0.481 e. The average molecular weight is 378 g/mol. The summed E-state index contributed by atoms with van der Waals surface area (Å²) in [6.45, 7) is 3.82. The van der Waals surface area contributed by atoms with Crippen molar-refractivity contribution in [2.75, 3.05) is 6.26 Å². The number of aryl methyl sites for hydroxylation is 2. The number of halogens is 1. The van der Waals surface area contributed by atoms with Crippen LogP contribution in [-0.2, 0) is 4.79 Å². The zero-order valence-electron chi connectivity index (χ0n) is 14.3. The molecule has 2 N–H and O–H groups in total. The smallest absolute Gasteiger partial charge is 0.305 e. The number of aliphatic carboxylic acids is 1. The van der Waals surface area contributed by atoms with Crippen LogP contribution in [0.3, 0.4) is 0 Å². The van der Waals surface area contributed by atoms with E-state index in [9.17, 15) is 14.7 Å². The van der Waals surface area contributed by atoms with Crippen LogP contribution in [0.5, 0.6) is 0 Å². The summed E-state index contributed by atoms with van der Waals surface area (Å²) in [5.74, 6) is -1.36. The van der Waals surface area contributed by atoms with Gasteiger partial charge >= 0.3 is 5.97 Å². The number of carboxylic acids is 1. The Morgan fingerprint density at radius 3 is 2.32 bits per heavy atom. The van der Waals surface area contributed by atoms with Crippen LogP contribution in [0.2, 0.25) is 5.02 Å². The minimum Gasteiger partial charge on any atom is -0.481 e. The normalized spacial score (nSPS) is 11.8. The summed E-state index contributed by atoms with van der Waals surface area (Å²) in [4.78, 5) is 24.9. The Balaban J connectivity index is 2.28. The van der Waals surface area contributed by atoms with Gasteiger partial charge in [-0.25, -0.2) is 0 Å². The van der Waals surface area contributed by atoms with Crippen molar-refractivity contribution < 1.29 is 14.7 Å². The summed E-state index contributed by atoms with van der Waals surface area (Å²) >= 11 is 7.79. The zero-order valence-corrected chi connectivity index (χ0v) is 15.9. The lowest BCUT2D eigenvalue weighted by molar-refractivity contribution is -0.137. The first kappa shape index (κ1) is 19.3. The van der Waals surface area contributed by atoms with E-state index in [1.807, 2.05) is 44.4 Å². The molecule has 1 amide bonds. The highest BCUT2D eigenvalue weighted by molar-refractivity contribution is 7.98. The van der Waals surface area contributed by atoms with E-state index < -0.39 is 12.0 Å². The molecule has 2 rings (SSSR count). The Bertz CT molecular complexity index is 790. The highest BCUT2D eigenvalue weighted by Crippen LogP contribution is 2.24. The summed E-state index contributed by atoms with van der Waals surface area (Å²) in [7, 11) is 0. The topological polar surface area (TPSA) is 66.4 Å². The second-order valence-electron chi connectivity index (χ2n) is 5.81. The van der Waals surface area contributed by atoms with Crippen LogP contribution in [0.1, 0.15) is 39.5 Å². The first-order valence-corrected chi connectivity index (χ1v) is 9.35. The molecular formula is C19H20ClNO3S. The van der Waals surface area contributed by atoms with Crippen LogP contribution in [0, 0.1) is 13.8 Å². The van der Waals surface area contributed by atoms with Crippen LogP contribution < -0.4 is 5.32 Å². The van der Waals surface area contributed by atoms with Crippen LogP contribution >= 0.6 is 23.4 Å². The number of thioether (sulfide) groups is 1. The Morgan fingerprint density at radius 2 is 1.76 bits per heavy atom. The fourth-order valence-corrected chi connectivity index (χ4v) is 3.17. The van der Waals surface area contributed by atoms with E-state index >= 15 is 0 Å². The second kappa shape index (κ2) is 8.41. The van der Waals surface area contributed by atoms with Crippen molar-refractivity contribution in [3.63, 3.8) is 0 Å². The van der Waals surface area contributed by atoms with Gasteiger partial charge in [0.1, 0.15) is 0 Å². The van der Waals surface area contributed by atoms with Crippen molar-refractivity contribution in [2.24, 2.45) is 0 Å². The van der Waals surface area contributed by atoms with Gasteiger partial charge in [0, 0.05) is 4.90 Å². The van der Waals surface area contributed by atoms with Crippen LogP contribution in [0.15, 0.2) is 41.3 Å². The highest BCUT2D eigenvalue weighted by Gasteiger charge is 2.20. The molecule has 0 spiro atoms. The zero-order chi connectivity index (χ0) is 18.6. The Morgan fingerprint density at radius 1 is 1.16 bits per heavy atom.